The maximum atomic E-state index is 13.2. The lowest BCUT2D eigenvalue weighted by Gasteiger charge is -2.37. The number of amides is 2. The molecule has 3 heterocycles. The maximum absolute atomic E-state index is 13.2. The van der Waals surface area contributed by atoms with Crippen LogP contribution in [0.1, 0.15) is 9.67 Å². The first-order chi connectivity index (χ1) is 15.2. The number of piperazine rings is 1. The Labute approximate surface area is 184 Å². The Balaban J connectivity index is 1.22. The summed E-state index contributed by atoms with van der Waals surface area (Å²) in [4.78, 5) is 30.4. The van der Waals surface area contributed by atoms with E-state index in [-0.39, 0.29) is 18.4 Å². The number of fused-ring (bicyclic) bond motifs is 1. The van der Waals surface area contributed by atoms with Gasteiger partial charge in [-0.15, -0.1) is 11.3 Å². The summed E-state index contributed by atoms with van der Waals surface area (Å²) in [5, 5.41) is 1.95. The molecule has 31 heavy (non-hydrogen) atoms. The molecule has 0 spiro atoms. The zero-order valence-electron chi connectivity index (χ0n) is 16.9. The quantitative estimate of drug-likeness (QED) is 0.633. The third kappa shape index (κ3) is 3.88. The van der Waals surface area contributed by atoms with Gasteiger partial charge in [-0.05, 0) is 29.1 Å². The van der Waals surface area contributed by atoms with Crippen LogP contribution >= 0.6 is 11.3 Å². The van der Waals surface area contributed by atoms with E-state index >= 15 is 0 Å². The highest BCUT2D eigenvalue weighted by Crippen LogP contribution is 2.32. The predicted molar refractivity (Wildman–Crippen MR) is 119 cm³/mol. The standard InChI is InChI=1S/C24H22N2O4S/c27-23(21-16-29-19-8-4-5-9-20(19)30-21)25-11-13-26(14-12-25)24(28)22-18(10-15-31-22)17-6-2-1-3-7-17/h1-10,15,21H,11-14,16H2. The normalized spacial score (nSPS) is 18.0. The van der Waals surface area contributed by atoms with Crippen LogP contribution in [0.3, 0.4) is 0 Å². The molecule has 0 bridgehead atoms. The van der Waals surface area contributed by atoms with Gasteiger partial charge in [0.05, 0.1) is 4.88 Å². The summed E-state index contributed by atoms with van der Waals surface area (Å²) in [7, 11) is 0. The monoisotopic (exact) mass is 434 g/mol. The molecule has 6 nitrogen and oxygen atoms in total. The highest BCUT2D eigenvalue weighted by atomic mass is 32.1. The lowest BCUT2D eigenvalue weighted by Crippen LogP contribution is -2.55. The number of hydrogen-bond acceptors (Lipinski definition) is 5. The highest BCUT2D eigenvalue weighted by molar-refractivity contribution is 7.12. The van der Waals surface area contributed by atoms with Crippen molar-refractivity contribution in [3.8, 4) is 22.6 Å². The van der Waals surface area contributed by atoms with Gasteiger partial charge in [-0.1, -0.05) is 42.5 Å². The molecule has 1 fully saturated rings. The van der Waals surface area contributed by atoms with E-state index in [0.29, 0.717) is 37.7 Å². The second-order valence-corrected chi connectivity index (χ2v) is 8.43. The Morgan fingerprint density at radius 1 is 0.839 bits per heavy atom. The Bertz CT molecular complexity index is 1090. The molecule has 2 amide bonds. The first kappa shape index (κ1) is 19.6. The molecule has 3 aromatic rings. The van der Waals surface area contributed by atoms with Gasteiger partial charge in [-0.2, -0.15) is 0 Å². The Morgan fingerprint density at radius 3 is 2.29 bits per heavy atom. The average Bonchev–Trinajstić information content (AvgIpc) is 3.33. The molecule has 1 atom stereocenters. The first-order valence-corrected chi connectivity index (χ1v) is 11.2. The average molecular weight is 435 g/mol. The fourth-order valence-electron chi connectivity index (χ4n) is 3.94. The first-order valence-electron chi connectivity index (χ1n) is 10.3. The second-order valence-electron chi connectivity index (χ2n) is 7.51. The second kappa shape index (κ2) is 8.43. The van der Waals surface area contributed by atoms with E-state index in [1.165, 1.54) is 11.3 Å². The topological polar surface area (TPSA) is 59.1 Å². The zero-order chi connectivity index (χ0) is 21.2. The van der Waals surface area contributed by atoms with Gasteiger partial charge in [0, 0.05) is 31.7 Å². The number of carbonyl (C=O) groups is 2. The van der Waals surface area contributed by atoms with Crippen molar-refractivity contribution in [3.63, 3.8) is 0 Å². The van der Waals surface area contributed by atoms with E-state index in [2.05, 4.69) is 0 Å². The molecular formula is C24H22N2O4S. The fraction of sp³-hybridized carbons (Fsp3) is 0.250. The number of carbonyl (C=O) groups excluding carboxylic acids is 2. The molecule has 2 aliphatic heterocycles. The van der Waals surface area contributed by atoms with Crippen molar-refractivity contribution < 1.29 is 19.1 Å². The van der Waals surface area contributed by atoms with Crippen molar-refractivity contribution in [1.82, 2.24) is 9.80 Å². The Hall–Kier alpha value is -3.32. The summed E-state index contributed by atoms with van der Waals surface area (Å²) < 4.78 is 11.5. The Morgan fingerprint density at radius 2 is 1.52 bits per heavy atom. The van der Waals surface area contributed by atoms with E-state index in [9.17, 15) is 9.59 Å². The van der Waals surface area contributed by atoms with Crippen LogP contribution in [0.5, 0.6) is 11.5 Å². The lowest BCUT2D eigenvalue weighted by atomic mass is 10.1. The summed E-state index contributed by atoms with van der Waals surface area (Å²) in [5.74, 6) is 1.18. The molecule has 0 aliphatic carbocycles. The number of para-hydroxylation sites is 2. The molecule has 0 radical (unpaired) electrons. The SMILES string of the molecule is O=C(c1sccc1-c1ccccc1)N1CCN(C(=O)C2COc3ccccc3O2)CC1. The molecule has 5 rings (SSSR count). The molecule has 0 saturated carbocycles. The molecule has 158 valence electrons. The summed E-state index contributed by atoms with van der Waals surface area (Å²) in [6.45, 7) is 2.17. The van der Waals surface area contributed by atoms with Crippen molar-refractivity contribution in [2.45, 2.75) is 6.10 Å². The number of hydrogen-bond donors (Lipinski definition) is 0. The third-order valence-electron chi connectivity index (χ3n) is 5.61. The number of thiophene rings is 1. The van der Waals surface area contributed by atoms with Crippen LogP contribution in [-0.4, -0.2) is 60.5 Å². The van der Waals surface area contributed by atoms with Crippen LogP contribution < -0.4 is 9.47 Å². The summed E-state index contributed by atoms with van der Waals surface area (Å²) in [5.41, 5.74) is 2.00. The van der Waals surface area contributed by atoms with E-state index in [1.54, 1.807) is 11.0 Å². The Kier molecular flexibility index (Phi) is 5.34. The third-order valence-corrected chi connectivity index (χ3v) is 6.51. The molecule has 1 unspecified atom stereocenters. The fourth-order valence-corrected chi connectivity index (χ4v) is 4.82. The van der Waals surface area contributed by atoms with Gasteiger partial charge < -0.3 is 19.3 Å². The van der Waals surface area contributed by atoms with Gasteiger partial charge in [0.2, 0.25) is 6.10 Å². The smallest absolute Gasteiger partial charge is 0.267 e. The van der Waals surface area contributed by atoms with E-state index < -0.39 is 6.10 Å². The van der Waals surface area contributed by atoms with Gasteiger partial charge >= 0.3 is 0 Å². The molecule has 2 aromatic carbocycles. The van der Waals surface area contributed by atoms with Crippen molar-refractivity contribution >= 4 is 23.2 Å². The highest BCUT2D eigenvalue weighted by Gasteiger charge is 2.34. The molecule has 0 N–H and O–H groups in total. The van der Waals surface area contributed by atoms with Gasteiger partial charge in [0.15, 0.2) is 11.5 Å². The van der Waals surface area contributed by atoms with Crippen LogP contribution in [0.15, 0.2) is 66.0 Å². The van der Waals surface area contributed by atoms with Crippen LogP contribution in [0.2, 0.25) is 0 Å². The minimum Gasteiger partial charge on any atom is -0.485 e. The lowest BCUT2D eigenvalue weighted by molar-refractivity contribution is -0.142. The van der Waals surface area contributed by atoms with Crippen molar-refractivity contribution in [1.29, 1.82) is 0 Å². The van der Waals surface area contributed by atoms with Crippen molar-refractivity contribution in [2.75, 3.05) is 32.8 Å². The summed E-state index contributed by atoms with van der Waals surface area (Å²) in [6.07, 6.45) is -0.654. The van der Waals surface area contributed by atoms with E-state index in [4.69, 9.17) is 9.47 Å². The van der Waals surface area contributed by atoms with Gasteiger partial charge in [0.1, 0.15) is 6.61 Å². The van der Waals surface area contributed by atoms with Crippen LogP contribution in [0, 0.1) is 0 Å². The summed E-state index contributed by atoms with van der Waals surface area (Å²) in [6, 6.07) is 19.3. The predicted octanol–water partition coefficient (Wildman–Crippen LogP) is 3.54. The minimum atomic E-state index is -0.654. The van der Waals surface area contributed by atoms with Gasteiger partial charge in [0.25, 0.3) is 11.8 Å². The van der Waals surface area contributed by atoms with Crippen LogP contribution in [-0.2, 0) is 4.79 Å². The largest absolute Gasteiger partial charge is 0.485 e. The van der Waals surface area contributed by atoms with Gasteiger partial charge in [-0.25, -0.2) is 0 Å². The van der Waals surface area contributed by atoms with Crippen LogP contribution in [0.25, 0.3) is 11.1 Å². The van der Waals surface area contributed by atoms with Crippen LogP contribution in [0.4, 0.5) is 0 Å². The number of benzene rings is 2. The summed E-state index contributed by atoms with van der Waals surface area (Å²) >= 11 is 1.46. The van der Waals surface area contributed by atoms with Crippen molar-refractivity contribution in [3.05, 3.63) is 70.9 Å². The van der Waals surface area contributed by atoms with Gasteiger partial charge in [-0.3, -0.25) is 9.59 Å². The number of ether oxygens (including phenoxy) is 2. The number of nitrogens with zero attached hydrogens (tertiary/aromatic N) is 2. The molecule has 7 heteroatoms. The molecule has 1 saturated heterocycles. The van der Waals surface area contributed by atoms with E-state index in [0.717, 1.165) is 16.0 Å². The van der Waals surface area contributed by atoms with Crippen molar-refractivity contribution in [2.24, 2.45) is 0 Å². The minimum absolute atomic E-state index is 0.0205. The molecular weight excluding hydrogens is 412 g/mol. The molecule has 1 aromatic heterocycles. The number of rotatable bonds is 3. The van der Waals surface area contributed by atoms with E-state index in [1.807, 2.05) is 64.9 Å². The maximum Gasteiger partial charge on any atom is 0.267 e. The zero-order valence-corrected chi connectivity index (χ0v) is 17.7. The molecule has 2 aliphatic rings.